The average molecular weight is 549 g/mol. The van der Waals surface area contributed by atoms with E-state index in [0.29, 0.717) is 25.7 Å². The molecule has 0 spiro atoms. The van der Waals surface area contributed by atoms with Crippen LogP contribution in [0.25, 0.3) is 0 Å². The first kappa shape index (κ1) is 31.6. The molecule has 0 aromatic heterocycles. The van der Waals surface area contributed by atoms with Crippen LogP contribution in [-0.4, -0.2) is 59.7 Å². The molecule has 216 valence electrons. The number of amides is 2. The van der Waals surface area contributed by atoms with Crippen molar-refractivity contribution in [2.75, 3.05) is 5.32 Å². The van der Waals surface area contributed by atoms with Gasteiger partial charge < -0.3 is 30.0 Å². The smallest absolute Gasteiger partial charge is 0.332 e. The van der Waals surface area contributed by atoms with E-state index in [9.17, 15) is 29.1 Å². The number of carbonyl (C=O) groups excluding carboxylic acids is 5. The highest BCUT2D eigenvalue weighted by Gasteiger charge is 2.43. The SMILES string of the molecule is CCCCCCC(=O)O[C@@H]1C(C)OC(=O)[C@H](NC(=O)c2cccc(NC=O)c2O)[C@H](C)OC(=O)[C@H]1CCCC. The number of rotatable bonds is 13. The molecule has 11 nitrogen and oxygen atoms in total. The third-order valence-electron chi connectivity index (χ3n) is 6.64. The fourth-order valence-electron chi connectivity index (χ4n) is 4.41. The molecule has 5 atom stereocenters. The Balaban J connectivity index is 2.28. The second kappa shape index (κ2) is 15.7. The number of esters is 3. The first-order valence-corrected chi connectivity index (χ1v) is 13.6. The number of ether oxygens (including phenoxy) is 3. The average Bonchev–Trinajstić information content (AvgIpc) is 2.92. The van der Waals surface area contributed by atoms with Crippen molar-refractivity contribution in [2.24, 2.45) is 5.92 Å². The first-order chi connectivity index (χ1) is 18.6. The molecule has 11 heteroatoms. The van der Waals surface area contributed by atoms with E-state index in [1.165, 1.54) is 32.0 Å². The van der Waals surface area contributed by atoms with Crippen molar-refractivity contribution >= 4 is 35.9 Å². The van der Waals surface area contributed by atoms with Crippen molar-refractivity contribution in [1.29, 1.82) is 0 Å². The van der Waals surface area contributed by atoms with Crippen molar-refractivity contribution < 1.29 is 43.3 Å². The van der Waals surface area contributed by atoms with Crippen LogP contribution in [0.4, 0.5) is 5.69 Å². The van der Waals surface area contributed by atoms with E-state index in [0.717, 1.165) is 25.7 Å². The molecule has 1 unspecified atom stereocenters. The van der Waals surface area contributed by atoms with Gasteiger partial charge in [-0.25, -0.2) is 4.79 Å². The molecule has 1 saturated heterocycles. The molecule has 0 aliphatic carbocycles. The summed E-state index contributed by atoms with van der Waals surface area (Å²) < 4.78 is 16.9. The molecule has 2 rings (SSSR count). The number of aromatic hydroxyl groups is 1. The topological polar surface area (TPSA) is 157 Å². The minimum absolute atomic E-state index is 0.000842. The first-order valence-electron chi connectivity index (χ1n) is 13.6. The van der Waals surface area contributed by atoms with Gasteiger partial charge in [0.05, 0.1) is 17.2 Å². The zero-order valence-corrected chi connectivity index (χ0v) is 23.1. The number of unbranched alkanes of at least 4 members (excludes halogenated alkanes) is 4. The summed E-state index contributed by atoms with van der Waals surface area (Å²) in [4.78, 5) is 62.8. The van der Waals surface area contributed by atoms with E-state index in [4.69, 9.17) is 14.2 Å². The van der Waals surface area contributed by atoms with Crippen LogP contribution < -0.4 is 10.6 Å². The second-order valence-electron chi connectivity index (χ2n) is 9.71. The van der Waals surface area contributed by atoms with Gasteiger partial charge in [0.15, 0.2) is 17.9 Å². The van der Waals surface area contributed by atoms with Gasteiger partial charge in [-0.15, -0.1) is 0 Å². The number of anilines is 1. The summed E-state index contributed by atoms with van der Waals surface area (Å²) in [5.74, 6) is -4.25. The van der Waals surface area contributed by atoms with Crippen molar-refractivity contribution in [3.63, 3.8) is 0 Å². The third kappa shape index (κ3) is 8.97. The van der Waals surface area contributed by atoms with Crippen LogP contribution in [0.2, 0.25) is 0 Å². The number of carbonyl (C=O) groups is 5. The van der Waals surface area contributed by atoms with Crippen molar-refractivity contribution in [3.8, 4) is 5.75 Å². The Morgan fingerprint density at radius 3 is 2.36 bits per heavy atom. The summed E-state index contributed by atoms with van der Waals surface area (Å²) in [5.41, 5.74) is -0.210. The molecule has 2 amide bonds. The molecular formula is C28H40N2O9. The van der Waals surface area contributed by atoms with Crippen LogP contribution in [0.5, 0.6) is 5.75 Å². The zero-order chi connectivity index (χ0) is 28.9. The van der Waals surface area contributed by atoms with Crippen molar-refractivity contribution in [2.45, 2.75) is 103 Å². The van der Waals surface area contributed by atoms with Gasteiger partial charge in [0.25, 0.3) is 5.91 Å². The summed E-state index contributed by atoms with van der Waals surface area (Å²) in [7, 11) is 0. The van der Waals surface area contributed by atoms with Crippen LogP contribution in [0.1, 0.15) is 89.4 Å². The van der Waals surface area contributed by atoms with E-state index >= 15 is 0 Å². The molecule has 1 heterocycles. The van der Waals surface area contributed by atoms with Crippen molar-refractivity contribution in [3.05, 3.63) is 23.8 Å². The maximum Gasteiger partial charge on any atom is 0.332 e. The lowest BCUT2D eigenvalue weighted by molar-refractivity contribution is -0.175. The highest BCUT2D eigenvalue weighted by Crippen LogP contribution is 2.29. The number of cyclic esters (lactones) is 2. The zero-order valence-electron chi connectivity index (χ0n) is 23.1. The Hall–Kier alpha value is -3.63. The van der Waals surface area contributed by atoms with Gasteiger partial charge in [-0.05, 0) is 38.8 Å². The molecule has 1 aromatic rings. The Kier molecular flexibility index (Phi) is 12.7. The molecular weight excluding hydrogens is 508 g/mol. The Bertz CT molecular complexity index is 1010. The standard InChI is InChI=1S/C28H40N2O9/c1-5-7-9-10-15-22(32)39-25-18(4)38-28(36)23(17(3)37-27(35)20(25)12-8-6-2)30-26(34)19-13-11-14-21(24(19)33)29-16-31/h11,13-14,16-18,20,23,25,33H,5-10,12,15H2,1-4H3,(H,29,31)(H,30,34)/t17-,18?,20-,23+,25+/m0/s1. The number of para-hydroxylation sites is 1. The van der Waals surface area contributed by atoms with Gasteiger partial charge in [-0.1, -0.05) is 52.0 Å². The number of phenols is 1. The van der Waals surface area contributed by atoms with Crippen LogP contribution in [0.3, 0.4) is 0 Å². The van der Waals surface area contributed by atoms with E-state index in [-0.39, 0.29) is 17.7 Å². The normalized spacial score (nSPS) is 23.3. The lowest BCUT2D eigenvalue weighted by Gasteiger charge is -2.29. The maximum atomic E-state index is 13.3. The predicted octanol–water partition coefficient (Wildman–Crippen LogP) is 3.62. The van der Waals surface area contributed by atoms with Crippen LogP contribution in [0.15, 0.2) is 18.2 Å². The molecule has 0 saturated carbocycles. The quantitative estimate of drug-likeness (QED) is 0.110. The summed E-state index contributed by atoms with van der Waals surface area (Å²) in [5, 5.41) is 15.1. The van der Waals surface area contributed by atoms with E-state index in [1.54, 1.807) is 0 Å². The van der Waals surface area contributed by atoms with Gasteiger partial charge >= 0.3 is 17.9 Å². The minimum atomic E-state index is -1.42. The summed E-state index contributed by atoms with van der Waals surface area (Å²) in [6.45, 7) is 7.00. The van der Waals surface area contributed by atoms with Crippen LogP contribution in [0, 0.1) is 5.92 Å². The van der Waals surface area contributed by atoms with Crippen LogP contribution >= 0.6 is 0 Å². The molecule has 3 N–H and O–H groups in total. The minimum Gasteiger partial charge on any atom is -0.505 e. The van der Waals surface area contributed by atoms with Gasteiger partial charge in [-0.3, -0.25) is 19.2 Å². The van der Waals surface area contributed by atoms with E-state index in [1.807, 2.05) is 6.92 Å². The molecule has 0 radical (unpaired) electrons. The number of nitrogens with one attached hydrogen (secondary N) is 2. The van der Waals surface area contributed by atoms with Crippen molar-refractivity contribution in [1.82, 2.24) is 5.32 Å². The molecule has 1 aromatic carbocycles. The van der Waals surface area contributed by atoms with Gasteiger partial charge in [0.1, 0.15) is 12.2 Å². The molecule has 1 fully saturated rings. The summed E-state index contributed by atoms with van der Waals surface area (Å²) in [6.07, 6.45) is 2.70. The number of hydrogen-bond acceptors (Lipinski definition) is 9. The van der Waals surface area contributed by atoms with E-state index < -0.39 is 59.8 Å². The van der Waals surface area contributed by atoms with Crippen LogP contribution in [-0.2, 0) is 33.4 Å². The van der Waals surface area contributed by atoms with E-state index in [2.05, 4.69) is 17.6 Å². The molecule has 1 aliphatic rings. The Labute approximate surface area is 228 Å². The summed E-state index contributed by atoms with van der Waals surface area (Å²) >= 11 is 0. The molecule has 0 bridgehead atoms. The monoisotopic (exact) mass is 548 g/mol. The molecule has 1 aliphatic heterocycles. The lowest BCUT2D eigenvalue weighted by atomic mass is 9.92. The Morgan fingerprint density at radius 2 is 1.69 bits per heavy atom. The van der Waals surface area contributed by atoms with Gasteiger partial charge in [0.2, 0.25) is 6.41 Å². The summed E-state index contributed by atoms with van der Waals surface area (Å²) in [6, 6.07) is 2.72. The maximum absolute atomic E-state index is 13.3. The van der Waals surface area contributed by atoms with Gasteiger partial charge in [0, 0.05) is 6.42 Å². The number of benzene rings is 1. The fourth-order valence-corrected chi connectivity index (χ4v) is 4.41. The highest BCUT2D eigenvalue weighted by atomic mass is 16.6. The fraction of sp³-hybridized carbons (Fsp3) is 0.607. The Morgan fingerprint density at radius 1 is 1.00 bits per heavy atom. The second-order valence-corrected chi connectivity index (χ2v) is 9.71. The number of hydrogen-bond donors (Lipinski definition) is 3. The third-order valence-corrected chi connectivity index (χ3v) is 6.64. The lowest BCUT2D eigenvalue weighted by Crippen LogP contribution is -2.50. The molecule has 39 heavy (non-hydrogen) atoms. The number of phenolic OH excluding ortho intramolecular Hbond substituents is 1. The predicted molar refractivity (Wildman–Crippen MR) is 142 cm³/mol. The highest BCUT2D eigenvalue weighted by molar-refractivity contribution is 6.01. The van der Waals surface area contributed by atoms with Gasteiger partial charge in [-0.2, -0.15) is 0 Å². The largest absolute Gasteiger partial charge is 0.505 e.